The van der Waals surface area contributed by atoms with Crippen LogP contribution < -0.4 is 5.32 Å². The van der Waals surface area contributed by atoms with E-state index in [0.717, 1.165) is 6.61 Å². The van der Waals surface area contributed by atoms with Crippen molar-refractivity contribution in [2.24, 2.45) is 5.92 Å². The summed E-state index contributed by atoms with van der Waals surface area (Å²) < 4.78 is 5.71. The number of likely N-dealkylation sites (N-methyl/N-ethyl adjacent to an activating group) is 1. The van der Waals surface area contributed by atoms with Crippen molar-refractivity contribution < 1.29 is 4.74 Å². The molecular formula is C12H23NO. The zero-order chi connectivity index (χ0) is 10.4. The lowest BCUT2D eigenvalue weighted by Crippen LogP contribution is -2.36. The molecule has 0 fully saturated rings. The maximum atomic E-state index is 5.71. The third-order valence-corrected chi connectivity index (χ3v) is 3.10. The van der Waals surface area contributed by atoms with Crippen LogP contribution in [0.25, 0.3) is 0 Å². The molecule has 1 aliphatic heterocycles. The number of hydrogen-bond acceptors (Lipinski definition) is 2. The molecular weight excluding hydrogens is 174 g/mol. The van der Waals surface area contributed by atoms with E-state index in [1.165, 1.54) is 31.4 Å². The Labute approximate surface area is 87.7 Å². The van der Waals surface area contributed by atoms with Crippen molar-refractivity contribution in [1.82, 2.24) is 5.32 Å². The molecule has 1 heterocycles. The van der Waals surface area contributed by atoms with Gasteiger partial charge in [0.2, 0.25) is 0 Å². The van der Waals surface area contributed by atoms with Crippen LogP contribution in [0.15, 0.2) is 11.8 Å². The second-order valence-electron chi connectivity index (χ2n) is 3.94. The molecule has 0 saturated heterocycles. The maximum Gasteiger partial charge on any atom is 0.109 e. The largest absolute Gasteiger partial charge is 0.497 e. The van der Waals surface area contributed by atoms with Gasteiger partial charge in [-0.15, -0.1) is 0 Å². The Morgan fingerprint density at radius 3 is 2.57 bits per heavy atom. The fourth-order valence-electron chi connectivity index (χ4n) is 2.16. The molecule has 0 radical (unpaired) electrons. The molecule has 0 aromatic heterocycles. The van der Waals surface area contributed by atoms with Gasteiger partial charge in [0, 0.05) is 0 Å². The molecule has 0 aromatic rings. The van der Waals surface area contributed by atoms with Crippen LogP contribution in [-0.4, -0.2) is 19.7 Å². The second-order valence-corrected chi connectivity index (χ2v) is 3.94. The molecule has 2 heteroatoms. The summed E-state index contributed by atoms with van der Waals surface area (Å²) in [6.07, 6.45) is 7.02. The fourth-order valence-corrected chi connectivity index (χ4v) is 2.16. The first-order valence-corrected chi connectivity index (χ1v) is 5.83. The lowest BCUT2D eigenvalue weighted by Gasteiger charge is -2.29. The second kappa shape index (κ2) is 6.07. The summed E-state index contributed by atoms with van der Waals surface area (Å²) in [6.45, 7) is 5.40. The lowest BCUT2D eigenvalue weighted by molar-refractivity contribution is 0.150. The minimum atomic E-state index is 0.422. The van der Waals surface area contributed by atoms with E-state index >= 15 is 0 Å². The van der Waals surface area contributed by atoms with Crippen molar-refractivity contribution >= 4 is 0 Å². The molecule has 0 amide bonds. The zero-order valence-electron chi connectivity index (χ0n) is 9.68. The quantitative estimate of drug-likeness (QED) is 0.731. The Kier molecular flexibility index (Phi) is 5.02. The topological polar surface area (TPSA) is 21.3 Å². The fraction of sp³-hybridized carbons (Fsp3) is 0.833. The van der Waals surface area contributed by atoms with Crippen molar-refractivity contribution in [3.05, 3.63) is 11.8 Å². The minimum absolute atomic E-state index is 0.422. The minimum Gasteiger partial charge on any atom is -0.497 e. The summed E-state index contributed by atoms with van der Waals surface area (Å²) in [5.74, 6) is 1.87. The molecule has 82 valence electrons. The molecule has 1 N–H and O–H groups in total. The van der Waals surface area contributed by atoms with Crippen LogP contribution in [0.5, 0.6) is 0 Å². The smallest absolute Gasteiger partial charge is 0.109 e. The van der Waals surface area contributed by atoms with E-state index in [-0.39, 0.29) is 0 Å². The molecule has 1 unspecified atom stereocenters. The van der Waals surface area contributed by atoms with E-state index in [0.29, 0.717) is 12.0 Å². The molecule has 1 atom stereocenters. The van der Waals surface area contributed by atoms with Gasteiger partial charge in [-0.1, -0.05) is 26.7 Å². The van der Waals surface area contributed by atoms with Crippen molar-refractivity contribution in [3.8, 4) is 0 Å². The average Bonchev–Trinajstić information content (AvgIpc) is 2.27. The van der Waals surface area contributed by atoms with E-state index in [1.807, 2.05) is 7.05 Å². The monoisotopic (exact) mass is 197 g/mol. The van der Waals surface area contributed by atoms with Crippen molar-refractivity contribution in [2.45, 2.75) is 45.6 Å². The summed E-state index contributed by atoms with van der Waals surface area (Å²) in [6, 6.07) is 0.422. The molecule has 1 aliphatic rings. The van der Waals surface area contributed by atoms with Gasteiger partial charge in [0.1, 0.15) is 5.76 Å². The molecule has 0 bridgehead atoms. The van der Waals surface area contributed by atoms with Gasteiger partial charge in [0.25, 0.3) is 0 Å². The van der Waals surface area contributed by atoms with Crippen molar-refractivity contribution in [1.29, 1.82) is 0 Å². The zero-order valence-corrected chi connectivity index (χ0v) is 9.68. The highest BCUT2D eigenvalue weighted by Crippen LogP contribution is 2.23. The van der Waals surface area contributed by atoms with E-state index in [1.54, 1.807) is 0 Å². The third-order valence-electron chi connectivity index (χ3n) is 3.10. The average molecular weight is 197 g/mol. The molecule has 1 rings (SSSR count). The summed E-state index contributed by atoms with van der Waals surface area (Å²) in [4.78, 5) is 0. The third kappa shape index (κ3) is 2.74. The van der Waals surface area contributed by atoms with Gasteiger partial charge in [-0.05, 0) is 31.9 Å². The standard InChI is InChI=1S/C12H23NO/c1-4-10(5-2)12(13-3)11-8-6-7-9-14-11/h8,10,12-13H,4-7,9H2,1-3H3. The van der Waals surface area contributed by atoms with Gasteiger partial charge in [0.15, 0.2) is 0 Å². The SMILES string of the molecule is CCC(CC)C(NC)C1=CCCCO1. The van der Waals surface area contributed by atoms with Gasteiger partial charge < -0.3 is 10.1 Å². The maximum absolute atomic E-state index is 5.71. The van der Waals surface area contributed by atoms with Crippen LogP contribution in [0, 0.1) is 5.92 Å². The van der Waals surface area contributed by atoms with Gasteiger partial charge in [-0.25, -0.2) is 0 Å². The van der Waals surface area contributed by atoms with Crippen LogP contribution in [0.1, 0.15) is 39.5 Å². The highest BCUT2D eigenvalue weighted by atomic mass is 16.5. The van der Waals surface area contributed by atoms with Gasteiger partial charge in [0.05, 0.1) is 12.6 Å². The van der Waals surface area contributed by atoms with Crippen LogP contribution in [0.2, 0.25) is 0 Å². The predicted molar refractivity (Wildman–Crippen MR) is 60.2 cm³/mol. The molecule has 0 spiro atoms. The molecule has 0 aliphatic carbocycles. The first kappa shape index (κ1) is 11.6. The van der Waals surface area contributed by atoms with Crippen LogP contribution in [0.3, 0.4) is 0 Å². The Morgan fingerprint density at radius 2 is 2.14 bits per heavy atom. The van der Waals surface area contributed by atoms with Crippen LogP contribution in [-0.2, 0) is 4.74 Å². The number of allylic oxidation sites excluding steroid dienone is 1. The van der Waals surface area contributed by atoms with Crippen LogP contribution in [0.4, 0.5) is 0 Å². The lowest BCUT2D eigenvalue weighted by atomic mass is 9.92. The van der Waals surface area contributed by atoms with E-state index in [2.05, 4.69) is 25.2 Å². The normalized spacial score (nSPS) is 19.0. The van der Waals surface area contributed by atoms with Crippen LogP contribution >= 0.6 is 0 Å². The molecule has 2 nitrogen and oxygen atoms in total. The summed E-state index contributed by atoms with van der Waals surface area (Å²) >= 11 is 0. The number of rotatable bonds is 5. The van der Waals surface area contributed by atoms with E-state index in [4.69, 9.17) is 4.74 Å². The summed E-state index contributed by atoms with van der Waals surface area (Å²) in [5, 5.41) is 3.38. The van der Waals surface area contributed by atoms with Gasteiger partial charge in [-0.3, -0.25) is 0 Å². The van der Waals surface area contributed by atoms with Crippen molar-refractivity contribution in [2.75, 3.05) is 13.7 Å². The Morgan fingerprint density at radius 1 is 1.43 bits per heavy atom. The van der Waals surface area contributed by atoms with Crippen molar-refractivity contribution in [3.63, 3.8) is 0 Å². The molecule has 14 heavy (non-hydrogen) atoms. The first-order chi connectivity index (χ1) is 6.83. The molecule has 0 aromatic carbocycles. The first-order valence-electron chi connectivity index (χ1n) is 5.83. The summed E-state index contributed by atoms with van der Waals surface area (Å²) in [7, 11) is 2.03. The summed E-state index contributed by atoms with van der Waals surface area (Å²) in [5.41, 5.74) is 0. The van der Waals surface area contributed by atoms with Gasteiger partial charge >= 0.3 is 0 Å². The Balaban J connectivity index is 2.63. The Hall–Kier alpha value is -0.500. The Bertz CT molecular complexity index is 185. The highest BCUT2D eigenvalue weighted by Gasteiger charge is 2.23. The number of hydrogen-bond donors (Lipinski definition) is 1. The molecule has 0 saturated carbocycles. The van der Waals surface area contributed by atoms with E-state index in [9.17, 15) is 0 Å². The number of ether oxygens (including phenoxy) is 1. The highest BCUT2D eigenvalue weighted by molar-refractivity contribution is 5.07. The van der Waals surface area contributed by atoms with Gasteiger partial charge in [-0.2, -0.15) is 0 Å². The predicted octanol–water partition coefficient (Wildman–Crippen LogP) is 2.70. The number of nitrogens with one attached hydrogen (secondary N) is 1. The van der Waals surface area contributed by atoms with E-state index < -0.39 is 0 Å².